The van der Waals surface area contributed by atoms with E-state index in [1.807, 2.05) is 0 Å². The van der Waals surface area contributed by atoms with Crippen LogP contribution in [0.1, 0.15) is 0 Å². The van der Waals surface area contributed by atoms with Gasteiger partial charge in [-0.25, -0.2) is 16.8 Å². The fourth-order valence-electron chi connectivity index (χ4n) is 3.01. The number of halogens is 2. The highest BCUT2D eigenvalue weighted by atomic mass is 35.5. The number of sulfonamides is 2. The number of hydrogen-bond donors (Lipinski definition) is 2. The summed E-state index contributed by atoms with van der Waals surface area (Å²) in [4.78, 5) is 1.37. The van der Waals surface area contributed by atoms with Gasteiger partial charge in [-0.1, -0.05) is 81.2 Å². The van der Waals surface area contributed by atoms with Crippen molar-refractivity contribution < 1.29 is 16.8 Å². The van der Waals surface area contributed by atoms with Crippen LogP contribution in [-0.2, 0) is 20.0 Å². The topological polar surface area (TPSA) is 92.3 Å². The molecule has 4 aromatic rings. The lowest BCUT2D eigenvalue weighted by atomic mass is 10.3. The van der Waals surface area contributed by atoms with Gasteiger partial charge < -0.3 is 0 Å². The van der Waals surface area contributed by atoms with Gasteiger partial charge in [0.25, 0.3) is 20.0 Å². The van der Waals surface area contributed by atoms with E-state index in [9.17, 15) is 16.8 Å². The molecule has 0 aliphatic heterocycles. The number of para-hydroxylation sites is 2. The molecule has 0 unspecified atom stereocenters. The minimum absolute atomic E-state index is 0.0447. The van der Waals surface area contributed by atoms with Crippen molar-refractivity contribution in [3.63, 3.8) is 0 Å². The highest BCUT2D eigenvalue weighted by molar-refractivity contribution is 8.76. The number of rotatable bonds is 9. The molecule has 0 spiro atoms. The van der Waals surface area contributed by atoms with Crippen molar-refractivity contribution in [2.75, 3.05) is 9.44 Å². The summed E-state index contributed by atoms with van der Waals surface area (Å²) in [6, 6.07) is 25.8. The summed E-state index contributed by atoms with van der Waals surface area (Å²) in [7, 11) is -5.16. The Hall–Kier alpha value is -2.34. The zero-order valence-corrected chi connectivity index (χ0v) is 23.0. The first-order chi connectivity index (χ1) is 17.1. The van der Waals surface area contributed by atoms with E-state index in [1.165, 1.54) is 45.9 Å². The van der Waals surface area contributed by atoms with Crippen molar-refractivity contribution in [3.8, 4) is 0 Å². The third-order valence-electron chi connectivity index (χ3n) is 4.70. The van der Waals surface area contributed by atoms with Crippen LogP contribution in [0.5, 0.6) is 0 Å². The van der Waals surface area contributed by atoms with Gasteiger partial charge in [0.1, 0.15) is 0 Å². The molecule has 12 heteroatoms. The second-order valence-corrected chi connectivity index (χ2v) is 13.7. The van der Waals surface area contributed by atoms with Crippen molar-refractivity contribution in [1.29, 1.82) is 0 Å². The summed E-state index contributed by atoms with van der Waals surface area (Å²) < 4.78 is 56.7. The first-order valence-electron chi connectivity index (χ1n) is 10.2. The molecule has 186 valence electrons. The number of benzene rings is 4. The molecule has 0 aliphatic carbocycles. The molecule has 2 N–H and O–H groups in total. The van der Waals surface area contributed by atoms with Crippen LogP contribution in [0.15, 0.2) is 117 Å². The fourth-order valence-corrected chi connectivity index (χ4v) is 8.18. The maximum Gasteiger partial charge on any atom is 0.261 e. The van der Waals surface area contributed by atoms with Gasteiger partial charge in [0.2, 0.25) is 0 Å². The van der Waals surface area contributed by atoms with Crippen LogP contribution in [0.3, 0.4) is 0 Å². The third kappa shape index (κ3) is 6.70. The predicted octanol–water partition coefficient (Wildman–Crippen LogP) is 7.39. The Balaban J connectivity index is 1.54. The van der Waals surface area contributed by atoms with Crippen molar-refractivity contribution in [2.24, 2.45) is 0 Å². The van der Waals surface area contributed by atoms with Crippen LogP contribution in [0.2, 0.25) is 10.0 Å². The zero-order chi connectivity index (χ0) is 25.8. The minimum atomic E-state index is -3.87. The van der Waals surface area contributed by atoms with Gasteiger partial charge in [0, 0.05) is 19.8 Å². The average molecular weight is 598 g/mol. The van der Waals surface area contributed by atoms with E-state index in [-0.39, 0.29) is 9.79 Å². The molecule has 6 nitrogen and oxygen atoms in total. The van der Waals surface area contributed by atoms with Gasteiger partial charge in [-0.3, -0.25) is 9.44 Å². The van der Waals surface area contributed by atoms with Crippen molar-refractivity contribution in [2.45, 2.75) is 19.6 Å². The molecule has 36 heavy (non-hydrogen) atoms. The lowest BCUT2D eigenvalue weighted by Gasteiger charge is -2.14. The summed E-state index contributed by atoms with van der Waals surface area (Å²) >= 11 is 11.9. The van der Waals surface area contributed by atoms with E-state index in [4.69, 9.17) is 23.2 Å². The van der Waals surface area contributed by atoms with Gasteiger partial charge in [0.15, 0.2) is 0 Å². The highest BCUT2D eigenvalue weighted by Gasteiger charge is 2.19. The molecule has 0 heterocycles. The molecule has 0 saturated heterocycles. The summed E-state index contributed by atoms with van der Waals surface area (Å²) in [5.41, 5.74) is 0.763. The lowest BCUT2D eigenvalue weighted by Crippen LogP contribution is -2.13. The van der Waals surface area contributed by atoms with E-state index >= 15 is 0 Å². The molecule has 4 rings (SSSR count). The maximum atomic E-state index is 12.9. The summed E-state index contributed by atoms with van der Waals surface area (Å²) in [6.45, 7) is 0. The first-order valence-corrected chi connectivity index (χ1v) is 16.1. The molecule has 0 atom stereocenters. The Morgan fingerprint density at radius 3 is 1.31 bits per heavy atom. The Morgan fingerprint density at radius 2 is 0.917 bits per heavy atom. The van der Waals surface area contributed by atoms with Gasteiger partial charge in [0.05, 0.1) is 21.2 Å². The molecule has 0 fully saturated rings. The number of nitrogens with one attached hydrogen (secondary N) is 2. The van der Waals surface area contributed by atoms with Crippen LogP contribution < -0.4 is 9.44 Å². The van der Waals surface area contributed by atoms with Crippen LogP contribution in [0.4, 0.5) is 11.4 Å². The van der Waals surface area contributed by atoms with E-state index in [1.54, 1.807) is 72.8 Å². The number of anilines is 2. The maximum absolute atomic E-state index is 12.9. The normalized spacial score (nSPS) is 11.7. The Labute approximate surface area is 227 Å². The molecule has 0 saturated carbocycles. The monoisotopic (exact) mass is 596 g/mol. The zero-order valence-electron chi connectivity index (χ0n) is 18.3. The van der Waals surface area contributed by atoms with Gasteiger partial charge >= 0.3 is 0 Å². The third-order valence-corrected chi connectivity index (χ3v) is 10.4. The van der Waals surface area contributed by atoms with Crippen LogP contribution in [0, 0.1) is 0 Å². The minimum Gasteiger partial charge on any atom is -0.278 e. The molecule has 0 radical (unpaired) electrons. The van der Waals surface area contributed by atoms with E-state index in [0.717, 1.165) is 0 Å². The SMILES string of the molecule is O=S(=O)(Nc1ccccc1SSc1ccccc1NS(=O)(=O)c1cccc(Cl)c1)c1cccc(Cl)c1. The van der Waals surface area contributed by atoms with Crippen LogP contribution in [0.25, 0.3) is 0 Å². The molecular weight excluding hydrogens is 579 g/mol. The molecular formula is C24H18Cl2N2O4S4. The summed E-state index contributed by atoms with van der Waals surface area (Å²) in [5, 5.41) is 0.626. The highest BCUT2D eigenvalue weighted by Crippen LogP contribution is 2.44. The second kappa shape index (κ2) is 11.4. The molecule has 4 aromatic carbocycles. The first kappa shape index (κ1) is 26.7. The van der Waals surface area contributed by atoms with E-state index < -0.39 is 20.0 Å². The predicted molar refractivity (Wildman–Crippen MR) is 149 cm³/mol. The van der Waals surface area contributed by atoms with Gasteiger partial charge in [-0.2, -0.15) is 0 Å². The average Bonchev–Trinajstić information content (AvgIpc) is 2.84. The molecule has 0 bridgehead atoms. The van der Waals surface area contributed by atoms with Gasteiger partial charge in [-0.15, -0.1) is 0 Å². The molecule has 0 amide bonds. The Kier molecular flexibility index (Phi) is 8.44. The number of hydrogen-bond acceptors (Lipinski definition) is 6. The largest absolute Gasteiger partial charge is 0.278 e. The molecule has 0 aliphatic rings. The van der Waals surface area contributed by atoms with E-state index in [0.29, 0.717) is 31.2 Å². The molecule has 0 aromatic heterocycles. The van der Waals surface area contributed by atoms with Crippen LogP contribution in [-0.4, -0.2) is 16.8 Å². The van der Waals surface area contributed by atoms with Crippen LogP contribution >= 0.6 is 44.8 Å². The lowest BCUT2D eigenvalue weighted by molar-refractivity contribution is 0.599. The summed E-state index contributed by atoms with van der Waals surface area (Å²) in [6.07, 6.45) is 0. The van der Waals surface area contributed by atoms with Gasteiger partial charge in [-0.05, 0) is 60.7 Å². The van der Waals surface area contributed by atoms with Crippen molar-refractivity contribution in [3.05, 3.63) is 107 Å². The quantitative estimate of drug-likeness (QED) is 0.196. The smallest absolute Gasteiger partial charge is 0.261 e. The Bertz CT molecular complexity index is 1490. The summed E-state index contributed by atoms with van der Waals surface area (Å²) in [5.74, 6) is 0. The van der Waals surface area contributed by atoms with Crippen molar-refractivity contribution in [1.82, 2.24) is 0 Å². The Morgan fingerprint density at radius 1 is 0.528 bits per heavy atom. The standard InChI is InChI=1S/C24H18Cl2N2O4S4/c25-17-7-5-9-19(15-17)35(29,30)27-21-11-1-3-13-23(21)33-34-24-14-4-2-12-22(24)28-36(31,32)20-10-6-8-18(26)16-20/h1-16,27-28H. The van der Waals surface area contributed by atoms with Crippen molar-refractivity contribution >= 4 is 76.2 Å². The second-order valence-electron chi connectivity index (χ2n) is 7.28. The fraction of sp³-hybridized carbons (Fsp3) is 0. The van der Waals surface area contributed by atoms with E-state index in [2.05, 4.69) is 9.44 Å².